The van der Waals surface area contributed by atoms with Gasteiger partial charge in [-0.05, 0) is 26.9 Å². The highest BCUT2D eigenvalue weighted by Crippen LogP contribution is 1.97. The predicted octanol–water partition coefficient (Wildman–Crippen LogP) is 1.67. The number of carbonyl (C=O) groups is 1. The van der Waals surface area contributed by atoms with Crippen molar-refractivity contribution in [2.24, 2.45) is 0 Å². The van der Waals surface area contributed by atoms with E-state index in [0.29, 0.717) is 13.0 Å². The summed E-state index contributed by atoms with van der Waals surface area (Å²) in [4.78, 5) is 13.1. The molecule has 3 nitrogen and oxygen atoms in total. The van der Waals surface area contributed by atoms with E-state index in [1.54, 1.807) is 0 Å². The van der Waals surface area contributed by atoms with Gasteiger partial charge in [-0.15, -0.1) is 0 Å². The Morgan fingerprint density at radius 3 is 2.54 bits per heavy atom. The second kappa shape index (κ2) is 8.05. The van der Waals surface area contributed by atoms with Crippen molar-refractivity contribution in [3.8, 4) is 0 Å². The summed E-state index contributed by atoms with van der Waals surface area (Å²) in [6, 6.07) is 0. The Morgan fingerprint density at radius 1 is 1.31 bits per heavy atom. The van der Waals surface area contributed by atoms with Crippen LogP contribution in [0.2, 0.25) is 0 Å². The normalized spacial score (nSPS) is 10.5. The zero-order valence-corrected chi connectivity index (χ0v) is 9.01. The Kier molecular flexibility index (Phi) is 7.69. The molecule has 3 heteroatoms. The van der Waals surface area contributed by atoms with E-state index < -0.39 is 0 Å². The molecule has 0 fully saturated rings. The maximum Gasteiger partial charge on any atom is 0.305 e. The molecule has 78 valence electrons. The summed E-state index contributed by atoms with van der Waals surface area (Å²) in [6.45, 7) is 3.60. The molecule has 0 aliphatic heterocycles. The van der Waals surface area contributed by atoms with Crippen molar-refractivity contribution in [2.45, 2.75) is 32.6 Å². The molecule has 0 amide bonds. The van der Waals surface area contributed by atoms with Crippen LogP contribution >= 0.6 is 0 Å². The van der Waals surface area contributed by atoms with Crippen molar-refractivity contribution in [2.75, 3.05) is 27.2 Å². The van der Waals surface area contributed by atoms with Crippen LogP contribution < -0.4 is 0 Å². The van der Waals surface area contributed by atoms with Crippen molar-refractivity contribution in [3.63, 3.8) is 0 Å². The molecule has 0 rings (SSSR count). The van der Waals surface area contributed by atoms with Crippen LogP contribution in [0, 0.1) is 0 Å². The summed E-state index contributed by atoms with van der Waals surface area (Å²) in [5.41, 5.74) is 0. The van der Waals surface area contributed by atoms with Crippen LogP contribution in [0.4, 0.5) is 0 Å². The highest BCUT2D eigenvalue weighted by Gasteiger charge is 2.00. The molecule has 0 aliphatic carbocycles. The van der Waals surface area contributed by atoms with Gasteiger partial charge in [-0.2, -0.15) is 0 Å². The van der Waals surface area contributed by atoms with Gasteiger partial charge in [-0.25, -0.2) is 0 Å². The molecule has 0 bridgehead atoms. The minimum Gasteiger partial charge on any atom is -0.466 e. The smallest absolute Gasteiger partial charge is 0.305 e. The van der Waals surface area contributed by atoms with Gasteiger partial charge < -0.3 is 9.64 Å². The van der Waals surface area contributed by atoms with Gasteiger partial charge in [0.2, 0.25) is 0 Å². The number of ether oxygens (including phenoxy) is 1. The van der Waals surface area contributed by atoms with E-state index in [2.05, 4.69) is 11.8 Å². The summed E-state index contributed by atoms with van der Waals surface area (Å²) < 4.78 is 5.03. The molecule has 0 aromatic heterocycles. The zero-order valence-electron chi connectivity index (χ0n) is 9.01. The number of hydrogen-bond acceptors (Lipinski definition) is 3. The van der Waals surface area contributed by atoms with Gasteiger partial charge in [0.05, 0.1) is 6.61 Å². The van der Waals surface area contributed by atoms with E-state index >= 15 is 0 Å². The Bertz CT molecular complexity index is 135. The Hall–Kier alpha value is -0.570. The summed E-state index contributed by atoms with van der Waals surface area (Å²) in [7, 11) is 4.03. The quantitative estimate of drug-likeness (QED) is 0.448. The van der Waals surface area contributed by atoms with Crippen molar-refractivity contribution in [1.29, 1.82) is 0 Å². The third-order valence-corrected chi connectivity index (χ3v) is 1.75. The lowest BCUT2D eigenvalue weighted by molar-refractivity contribution is -0.143. The van der Waals surface area contributed by atoms with E-state index in [9.17, 15) is 4.79 Å². The highest BCUT2D eigenvalue weighted by molar-refractivity contribution is 5.69. The average Bonchev–Trinajstić information content (AvgIpc) is 2.08. The molecule has 13 heavy (non-hydrogen) atoms. The third-order valence-electron chi connectivity index (χ3n) is 1.75. The number of rotatable bonds is 7. The number of esters is 1. The monoisotopic (exact) mass is 187 g/mol. The minimum absolute atomic E-state index is 0.0550. The highest BCUT2D eigenvalue weighted by atomic mass is 16.5. The lowest BCUT2D eigenvalue weighted by Gasteiger charge is -2.09. The van der Waals surface area contributed by atoms with Crippen molar-refractivity contribution < 1.29 is 9.53 Å². The molecule has 0 aromatic rings. The molecular formula is C10H21NO2. The first-order chi connectivity index (χ1) is 6.16. The van der Waals surface area contributed by atoms with Crippen LogP contribution in [0.25, 0.3) is 0 Å². The Labute approximate surface area is 81.1 Å². The van der Waals surface area contributed by atoms with Gasteiger partial charge in [0.25, 0.3) is 0 Å². The topological polar surface area (TPSA) is 29.5 Å². The first-order valence-corrected chi connectivity index (χ1v) is 4.97. The van der Waals surface area contributed by atoms with E-state index in [0.717, 1.165) is 25.8 Å². The van der Waals surface area contributed by atoms with Gasteiger partial charge >= 0.3 is 5.97 Å². The second-order valence-corrected chi connectivity index (χ2v) is 3.48. The summed E-state index contributed by atoms with van der Waals surface area (Å²) in [6.07, 6.45) is 3.47. The Morgan fingerprint density at radius 2 is 2.00 bits per heavy atom. The van der Waals surface area contributed by atoms with Crippen LogP contribution in [-0.4, -0.2) is 38.1 Å². The van der Waals surface area contributed by atoms with Gasteiger partial charge in [-0.3, -0.25) is 4.79 Å². The number of carbonyl (C=O) groups excluding carboxylic acids is 1. The second-order valence-electron chi connectivity index (χ2n) is 3.48. The molecule has 0 radical (unpaired) electrons. The van der Waals surface area contributed by atoms with Crippen molar-refractivity contribution in [1.82, 2.24) is 4.90 Å². The molecule has 0 saturated carbocycles. The predicted molar refractivity (Wildman–Crippen MR) is 53.7 cm³/mol. The van der Waals surface area contributed by atoms with Crippen LogP contribution in [0.5, 0.6) is 0 Å². The first-order valence-electron chi connectivity index (χ1n) is 4.97. The van der Waals surface area contributed by atoms with E-state index in [1.807, 2.05) is 14.1 Å². The lowest BCUT2D eigenvalue weighted by Crippen LogP contribution is -2.16. The molecule has 0 spiro atoms. The fourth-order valence-corrected chi connectivity index (χ4v) is 0.960. The number of nitrogens with zero attached hydrogens (tertiary/aromatic N) is 1. The Balaban J connectivity index is 3.17. The minimum atomic E-state index is -0.0550. The molecule has 0 aliphatic rings. The number of hydrogen-bond donors (Lipinski definition) is 0. The van der Waals surface area contributed by atoms with Gasteiger partial charge in [0.15, 0.2) is 0 Å². The average molecular weight is 187 g/mol. The van der Waals surface area contributed by atoms with Crippen LogP contribution in [0.15, 0.2) is 0 Å². The summed E-state index contributed by atoms with van der Waals surface area (Å²) in [5, 5.41) is 0. The molecule has 0 unspecified atom stereocenters. The van der Waals surface area contributed by atoms with Gasteiger partial charge in [0.1, 0.15) is 0 Å². The summed E-state index contributed by atoms with van der Waals surface area (Å²) >= 11 is 0. The SMILES string of the molecule is CCCCC(=O)OCCCN(C)C. The van der Waals surface area contributed by atoms with E-state index in [-0.39, 0.29) is 5.97 Å². The third kappa shape index (κ3) is 9.34. The summed E-state index contributed by atoms with van der Waals surface area (Å²) in [5.74, 6) is -0.0550. The van der Waals surface area contributed by atoms with Crippen LogP contribution in [0.1, 0.15) is 32.6 Å². The molecule has 0 heterocycles. The molecule has 0 aromatic carbocycles. The van der Waals surface area contributed by atoms with Gasteiger partial charge in [0, 0.05) is 13.0 Å². The molecule has 0 atom stereocenters. The van der Waals surface area contributed by atoms with E-state index in [1.165, 1.54) is 0 Å². The van der Waals surface area contributed by atoms with Crippen molar-refractivity contribution >= 4 is 5.97 Å². The molecule has 0 N–H and O–H groups in total. The molecular weight excluding hydrogens is 166 g/mol. The fraction of sp³-hybridized carbons (Fsp3) is 0.900. The van der Waals surface area contributed by atoms with E-state index in [4.69, 9.17) is 4.74 Å². The maximum atomic E-state index is 11.0. The van der Waals surface area contributed by atoms with Gasteiger partial charge in [-0.1, -0.05) is 13.3 Å². The standard InChI is InChI=1S/C10H21NO2/c1-4-5-7-10(12)13-9-6-8-11(2)3/h4-9H2,1-3H3. The lowest BCUT2D eigenvalue weighted by atomic mass is 10.2. The first kappa shape index (κ1) is 12.4. The van der Waals surface area contributed by atoms with Crippen LogP contribution in [-0.2, 0) is 9.53 Å². The van der Waals surface area contributed by atoms with Crippen LogP contribution in [0.3, 0.4) is 0 Å². The maximum absolute atomic E-state index is 11.0. The zero-order chi connectivity index (χ0) is 10.1. The number of unbranched alkanes of at least 4 members (excludes halogenated alkanes) is 1. The fourth-order valence-electron chi connectivity index (χ4n) is 0.960. The largest absolute Gasteiger partial charge is 0.466 e. The van der Waals surface area contributed by atoms with Crippen molar-refractivity contribution in [3.05, 3.63) is 0 Å². The molecule has 0 saturated heterocycles.